The van der Waals surface area contributed by atoms with Crippen molar-refractivity contribution in [1.82, 2.24) is 0 Å². The molecule has 0 aliphatic carbocycles. The van der Waals surface area contributed by atoms with Gasteiger partial charge in [0.2, 0.25) is 0 Å². The molecule has 156 valence electrons. The lowest BCUT2D eigenvalue weighted by atomic mass is 9.98. The molecule has 25 heavy (non-hydrogen) atoms. The summed E-state index contributed by atoms with van der Waals surface area (Å²) in [5.41, 5.74) is 0.318. The van der Waals surface area contributed by atoms with E-state index in [4.69, 9.17) is 0 Å². The third-order valence-electron chi connectivity index (χ3n) is 1.49. The van der Waals surface area contributed by atoms with E-state index >= 15 is 0 Å². The van der Waals surface area contributed by atoms with Gasteiger partial charge in [-0.2, -0.15) is 0 Å². The van der Waals surface area contributed by atoms with Gasteiger partial charge in [0.15, 0.2) is 0 Å². The molecule has 0 fully saturated rings. The Kier molecular flexibility index (Phi) is 55.1. The molecule has 1 heteroatoms. The Morgan fingerprint density at radius 2 is 0.840 bits per heavy atom. The predicted octanol–water partition coefficient (Wildman–Crippen LogP) is 10.3. The molecule has 0 aromatic carbocycles. The normalized spacial score (nSPS) is 10.1. The zero-order valence-electron chi connectivity index (χ0n) is 20.9. The Labute approximate surface area is 168 Å². The van der Waals surface area contributed by atoms with Gasteiger partial charge in [0.25, 0.3) is 0 Å². The van der Waals surface area contributed by atoms with Gasteiger partial charge in [0.05, 0.1) is 0 Å². The van der Waals surface area contributed by atoms with E-state index in [1.54, 1.807) is 0 Å². The van der Waals surface area contributed by atoms with E-state index in [-0.39, 0.29) is 0 Å². The van der Waals surface area contributed by atoms with Gasteiger partial charge in [-0.15, -0.1) is 11.8 Å². The quantitative estimate of drug-likeness (QED) is 0.433. The maximum absolute atomic E-state index is 2.25. The van der Waals surface area contributed by atoms with Crippen LogP contribution in [0.2, 0.25) is 0 Å². The van der Waals surface area contributed by atoms with Crippen molar-refractivity contribution in [2.45, 2.75) is 116 Å². The number of hydrogen-bond acceptors (Lipinski definition) is 1. The summed E-state index contributed by atoms with van der Waals surface area (Å²) in [6.07, 6.45) is 10.3. The Hall–Kier alpha value is -0.430. The Morgan fingerprint density at radius 1 is 0.560 bits per heavy atom. The first-order chi connectivity index (χ1) is 11.6. The minimum absolute atomic E-state index is 0.318. The van der Waals surface area contributed by atoms with Crippen molar-refractivity contribution in [3.8, 4) is 0 Å². The molecule has 0 aromatic heterocycles. The molecule has 0 bridgehead atoms. The molecule has 0 nitrogen and oxygen atoms in total. The summed E-state index contributed by atoms with van der Waals surface area (Å²) in [5.74, 6) is 0. The van der Waals surface area contributed by atoms with E-state index in [2.05, 4.69) is 53.0 Å². The summed E-state index contributed by atoms with van der Waals surface area (Å²) in [7, 11) is 0. The van der Waals surface area contributed by atoms with Crippen LogP contribution in [-0.2, 0) is 0 Å². The molecular formula is C24H54S. The van der Waals surface area contributed by atoms with Crippen LogP contribution in [0.15, 0.2) is 35.8 Å². The number of hydrogen-bond donors (Lipinski definition) is 0. The van der Waals surface area contributed by atoms with E-state index in [9.17, 15) is 0 Å². The monoisotopic (exact) mass is 374 g/mol. The van der Waals surface area contributed by atoms with E-state index in [0.717, 1.165) is 0 Å². The van der Waals surface area contributed by atoms with Crippen molar-refractivity contribution in [3.63, 3.8) is 0 Å². The second kappa shape index (κ2) is 34.8. The number of allylic oxidation sites excluding steroid dienone is 5. The molecular weight excluding hydrogens is 320 g/mol. The van der Waals surface area contributed by atoms with Crippen LogP contribution in [0.4, 0.5) is 0 Å². The van der Waals surface area contributed by atoms with Crippen LogP contribution >= 0.6 is 11.8 Å². The number of rotatable bonds is 2. The third-order valence-corrected chi connectivity index (χ3v) is 2.46. The van der Waals surface area contributed by atoms with Crippen molar-refractivity contribution in [2.75, 3.05) is 0 Å². The molecule has 0 radical (unpaired) electrons. The molecule has 0 aliphatic heterocycles. The summed E-state index contributed by atoms with van der Waals surface area (Å²) in [5, 5.41) is 2.21. The Morgan fingerprint density at radius 3 is 1.00 bits per heavy atom. The second-order valence-electron chi connectivity index (χ2n) is 5.95. The van der Waals surface area contributed by atoms with Crippen molar-refractivity contribution in [3.05, 3.63) is 35.8 Å². The molecule has 0 unspecified atom stereocenters. The van der Waals surface area contributed by atoms with Gasteiger partial charge in [0.1, 0.15) is 0 Å². The molecule has 0 atom stereocenters. The van der Waals surface area contributed by atoms with Crippen LogP contribution < -0.4 is 0 Å². The first-order valence-electron chi connectivity index (χ1n) is 10.2. The lowest BCUT2D eigenvalue weighted by molar-refractivity contribution is 0.545. The average molecular weight is 375 g/mol. The standard InChI is InChI=1S/C10H20S.C6H10.4C2H6/c1-9(2,3)7-8-11-10(4,5)6;1-3-5-6-4-2;4*1-2/h7-8H,1-6H3;3-6H,1-2H3;4*1-2H3/b8-7-;5-3-,6-4-;;;;. The average Bonchev–Trinajstić information content (AvgIpc) is 2.58. The summed E-state index contributed by atoms with van der Waals surface area (Å²) in [4.78, 5) is 0. The summed E-state index contributed by atoms with van der Waals surface area (Å²) in [6, 6.07) is 0. The van der Waals surface area contributed by atoms with Gasteiger partial charge < -0.3 is 0 Å². The molecule has 0 saturated heterocycles. The van der Waals surface area contributed by atoms with Crippen molar-refractivity contribution in [1.29, 1.82) is 0 Å². The summed E-state index contributed by atoms with van der Waals surface area (Å²) < 4.78 is 0.349. The summed E-state index contributed by atoms with van der Waals surface area (Å²) in [6.45, 7) is 33.3. The maximum atomic E-state index is 2.25. The fourth-order valence-corrected chi connectivity index (χ4v) is 1.55. The highest BCUT2D eigenvalue weighted by Gasteiger charge is 2.09. The van der Waals surface area contributed by atoms with Crippen LogP contribution in [0.25, 0.3) is 0 Å². The maximum Gasteiger partial charge on any atom is 0.0116 e. The highest BCUT2D eigenvalue weighted by molar-refractivity contribution is 8.03. The number of thioether (sulfide) groups is 1. The predicted molar refractivity (Wildman–Crippen MR) is 131 cm³/mol. The van der Waals surface area contributed by atoms with Gasteiger partial charge in [-0.3, -0.25) is 0 Å². The topological polar surface area (TPSA) is 0 Å². The zero-order valence-corrected chi connectivity index (χ0v) is 21.7. The second-order valence-corrected chi connectivity index (χ2v) is 7.68. The van der Waals surface area contributed by atoms with Gasteiger partial charge in [0, 0.05) is 4.75 Å². The van der Waals surface area contributed by atoms with E-state index < -0.39 is 0 Å². The molecule has 0 N–H and O–H groups in total. The Bertz CT molecular complexity index is 234. The van der Waals surface area contributed by atoms with E-state index in [1.165, 1.54) is 0 Å². The van der Waals surface area contributed by atoms with Crippen LogP contribution in [0.5, 0.6) is 0 Å². The third kappa shape index (κ3) is 98.2. The minimum atomic E-state index is 0.318. The van der Waals surface area contributed by atoms with Gasteiger partial charge in [-0.05, 0) is 24.7 Å². The lowest BCUT2D eigenvalue weighted by Crippen LogP contribution is -2.05. The smallest absolute Gasteiger partial charge is 0.0116 e. The van der Waals surface area contributed by atoms with Gasteiger partial charge in [-0.25, -0.2) is 0 Å². The molecule has 0 aromatic rings. The minimum Gasteiger partial charge on any atom is -0.128 e. The molecule has 0 heterocycles. The molecule has 0 spiro atoms. The lowest BCUT2D eigenvalue weighted by Gasteiger charge is -2.16. The van der Waals surface area contributed by atoms with Crippen LogP contribution in [0.1, 0.15) is 111 Å². The molecule has 0 rings (SSSR count). The highest BCUT2D eigenvalue weighted by Crippen LogP contribution is 2.26. The van der Waals surface area contributed by atoms with E-state index in [1.807, 2.05) is 105 Å². The van der Waals surface area contributed by atoms with Crippen LogP contribution in [0.3, 0.4) is 0 Å². The van der Waals surface area contributed by atoms with E-state index in [0.29, 0.717) is 10.2 Å². The highest BCUT2D eigenvalue weighted by atomic mass is 32.2. The first kappa shape index (κ1) is 39.6. The molecule has 0 saturated carbocycles. The largest absolute Gasteiger partial charge is 0.128 e. The SMILES string of the molecule is C/C=C\C=C/C.CC.CC.CC.CC.CC(C)(C)/C=C\SC(C)(C)C. The van der Waals surface area contributed by atoms with Gasteiger partial charge >= 0.3 is 0 Å². The zero-order chi connectivity index (χ0) is 21.9. The Balaban J connectivity index is -0.0000000547. The fraction of sp³-hybridized carbons (Fsp3) is 0.750. The first-order valence-corrected chi connectivity index (χ1v) is 11.1. The molecule has 0 aliphatic rings. The van der Waals surface area contributed by atoms with Crippen molar-refractivity contribution >= 4 is 11.8 Å². The summed E-state index contributed by atoms with van der Waals surface area (Å²) >= 11 is 1.88. The molecule has 0 amide bonds. The van der Waals surface area contributed by atoms with Gasteiger partial charge in [-0.1, -0.05) is 127 Å². The fourth-order valence-electron chi connectivity index (χ4n) is 0.664. The van der Waals surface area contributed by atoms with Crippen molar-refractivity contribution in [2.24, 2.45) is 5.41 Å². The van der Waals surface area contributed by atoms with Crippen molar-refractivity contribution < 1.29 is 0 Å². The van der Waals surface area contributed by atoms with Crippen LogP contribution in [-0.4, -0.2) is 4.75 Å². The van der Waals surface area contributed by atoms with Crippen LogP contribution in [0, 0.1) is 5.41 Å².